The third-order valence-electron chi connectivity index (χ3n) is 3.31. The van der Waals surface area contributed by atoms with Crippen LogP contribution >= 0.6 is 0 Å². The highest BCUT2D eigenvalue weighted by Gasteiger charge is 2.50. The number of aromatic amines is 1. The minimum Gasteiger partial charge on any atom is -0.481 e. The van der Waals surface area contributed by atoms with Gasteiger partial charge in [0, 0.05) is 31.4 Å². The van der Waals surface area contributed by atoms with Crippen molar-refractivity contribution in [3.63, 3.8) is 0 Å². The number of likely N-dealkylation sites (N-methyl/N-ethyl adjacent to an activating group) is 1. The van der Waals surface area contributed by atoms with Crippen LogP contribution in [0.2, 0.25) is 0 Å². The summed E-state index contributed by atoms with van der Waals surface area (Å²) in [5, 5.41) is 9.07. The van der Waals surface area contributed by atoms with Crippen LogP contribution in [0.25, 0.3) is 0 Å². The molecule has 0 saturated heterocycles. The molecule has 0 radical (unpaired) electrons. The number of aromatic nitrogens is 1. The molecule has 2 rings (SSSR count). The monoisotopic (exact) mass is 222 g/mol. The van der Waals surface area contributed by atoms with Gasteiger partial charge >= 0.3 is 5.97 Å². The van der Waals surface area contributed by atoms with Crippen LogP contribution < -0.4 is 0 Å². The Labute approximate surface area is 95.3 Å². The predicted molar refractivity (Wildman–Crippen MR) is 61.3 cm³/mol. The van der Waals surface area contributed by atoms with Gasteiger partial charge in [0.05, 0.1) is 5.41 Å². The zero-order chi connectivity index (χ0) is 11.6. The maximum Gasteiger partial charge on any atom is 0.310 e. The molecule has 88 valence electrons. The van der Waals surface area contributed by atoms with Crippen molar-refractivity contribution >= 4 is 5.97 Å². The number of nitrogens with zero attached hydrogens (tertiary/aromatic N) is 1. The molecule has 0 amide bonds. The number of rotatable bonds is 6. The predicted octanol–water partition coefficient (Wildman–Crippen LogP) is 1.35. The topological polar surface area (TPSA) is 56.3 Å². The number of carboxylic acid groups (broad SMARTS) is 1. The summed E-state index contributed by atoms with van der Waals surface area (Å²) in [7, 11) is 1.99. The van der Waals surface area contributed by atoms with E-state index in [-0.39, 0.29) is 0 Å². The molecule has 2 N–H and O–H groups in total. The highest BCUT2D eigenvalue weighted by atomic mass is 16.4. The van der Waals surface area contributed by atoms with E-state index in [4.69, 9.17) is 5.11 Å². The van der Waals surface area contributed by atoms with E-state index in [1.54, 1.807) is 0 Å². The van der Waals surface area contributed by atoms with E-state index in [0.29, 0.717) is 6.54 Å². The number of aliphatic carboxylic acids is 1. The Hall–Kier alpha value is -1.29. The Morgan fingerprint density at radius 2 is 2.38 bits per heavy atom. The van der Waals surface area contributed by atoms with E-state index in [2.05, 4.69) is 16.0 Å². The summed E-state index contributed by atoms with van der Waals surface area (Å²) in [6, 6.07) is 4.03. The van der Waals surface area contributed by atoms with Gasteiger partial charge in [-0.15, -0.1) is 0 Å². The Kier molecular flexibility index (Phi) is 3.01. The maximum absolute atomic E-state index is 11.0. The van der Waals surface area contributed by atoms with Crippen LogP contribution in [0.5, 0.6) is 0 Å². The summed E-state index contributed by atoms with van der Waals surface area (Å²) in [5.41, 5.74) is 0.761. The van der Waals surface area contributed by atoms with Crippen molar-refractivity contribution in [1.29, 1.82) is 0 Å². The quantitative estimate of drug-likeness (QED) is 0.764. The lowest BCUT2D eigenvalue weighted by molar-refractivity contribution is -0.144. The molecule has 1 aromatic heterocycles. The molecular formula is C12H18N2O2. The van der Waals surface area contributed by atoms with Gasteiger partial charge in [-0.25, -0.2) is 0 Å². The average molecular weight is 222 g/mol. The summed E-state index contributed by atoms with van der Waals surface area (Å²) in [6.07, 6.45) is 4.51. The molecule has 1 aliphatic rings. The van der Waals surface area contributed by atoms with Crippen LogP contribution in [0, 0.1) is 5.41 Å². The molecule has 0 aliphatic heterocycles. The van der Waals surface area contributed by atoms with Crippen molar-refractivity contribution in [3.05, 3.63) is 24.0 Å². The molecule has 0 spiro atoms. The lowest BCUT2D eigenvalue weighted by Gasteiger charge is -2.20. The summed E-state index contributed by atoms with van der Waals surface area (Å²) in [5.74, 6) is -0.640. The van der Waals surface area contributed by atoms with Crippen LogP contribution in [0.3, 0.4) is 0 Å². The molecular weight excluding hydrogens is 204 g/mol. The lowest BCUT2D eigenvalue weighted by Crippen LogP contribution is -2.33. The second-order valence-electron chi connectivity index (χ2n) is 4.77. The van der Waals surface area contributed by atoms with Crippen molar-refractivity contribution in [2.24, 2.45) is 5.41 Å². The zero-order valence-electron chi connectivity index (χ0n) is 9.57. The molecule has 1 heterocycles. The number of hydrogen-bond donors (Lipinski definition) is 2. The fraction of sp³-hybridized carbons (Fsp3) is 0.583. The first-order valence-electron chi connectivity index (χ1n) is 5.67. The van der Waals surface area contributed by atoms with Crippen LogP contribution in [-0.4, -0.2) is 41.1 Å². The van der Waals surface area contributed by atoms with Crippen molar-refractivity contribution in [3.8, 4) is 0 Å². The number of H-pyrrole nitrogens is 1. The van der Waals surface area contributed by atoms with Gasteiger partial charge in [0.25, 0.3) is 0 Å². The van der Waals surface area contributed by atoms with Crippen molar-refractivity contribution < 1.29 is 9.90 Å². The second-order valence-corrected chi connectivity index (χ2v) is 4.77. The van der Waals surface area contributed by atoms with Gasteiger partial charge in [-0.1, -0.05) is 0 Å². The summed E-state index contributed by atoms with van der Waals surface area (Å²) >= 11 is 0. The average Bonchev–Trinajstić information content (AvgIpc) is 2.84. The molecule has 1 saturated carbocycles. The molecule has 4 nitrogen and oxygen atoms in total. The number of carboxylic acids is 1. The summed E-state index contributed by atoms with van der Waals surface area (Å²) in [6.45, 7) is 1.57. The number of carbonyl (C=O) groups is 1. The molecule has 4 heteroatoms. The molecule has 0 bridgehead atoms. The van der Waals surface area contributed by atoms with Crippen LogP contribution in [0.4, 0.5) is 0 Å². The highest BCUT2D eigenvalue weighted by molar-refractivity contribution is 5.78. The van der Waals surface area contributed by atoms with E-state index in [9.17, 15) is 4.79 Å². The van der Waals surface area contributed by atoms with Gasteiger partial charge in [-0.3, -0.25) is 4.79 Å². The third-order valence-corrected chi connectivity index (χ3v) is 3.31. The van der Waals surface area contributed by atoms with E-state index in [1.165, 1.54) is 5.69 Å². The van der Waals surface area contributed by atoms with Gasteiger partial charge in [0.1, 0.15) is 0 Å². The van der Waals surface area contributed by atoms with Crippen molar-refractivity contribution in [1.82, 2.24) is 9.88 Å². The highest BCUT2D eigenvalue weighted by Crippen LogP contribution is 2.46. The Morgan fingerprint density at radius 1 is 1.62 bits per heavy atom. The van der Waals surface area contributed by atoms with E-state index in [0.717, 1.165) is 25.8 Å². The van der Waals surface area contributed by atoms with Crippen molar-refractivity contribution in [2.75, 3.05) is 20.1 Å². The van der Waals surface area contributed by atoms with Gasteiger partial charge in [0.15, 0.2) is 0 Å². The normalized spacial score (nSPS) is 17.6. The Morgan fingerprint density at radius 3 is 2.88 bits per heavy atom. The molecule has 1 aromatic rings. The molecule has 0 aromatic carbocycles. The Bertz CT molecular complexity index is 355. The Balaban J connectivity index is 1.77. The molecule has 1 aliphatic carbocycles. The van der Waals surface area contributed by atoms with Gasteiger partial charge < -0.3 is 15.0 Å². The molecule has 16 heavy (non-hydrogen) atoms. The van der Waals surface area contributed by atoms with E-state index in [1.807, 2.05) is 19.3 Å². The fourth-order valence-corrected chi connectivity index (χ4v) is 2.02. The van der Waals surface area contributed by atoms with Crippen LogP contribution in [0.1, 0.15) is 18.5 Å². The minimum atomic E-state index is -0.640. The van der Waals surface area contributed by atoms with Gasteiger partial charge in [-0.05, 0) is 32.0 Å². The molecule has 1 fully saturated rings. The SMILES string of the molecule is CN(CCc1ccc[nH]1)CC1(C(=O)O)CC1. The standard InChI is InChI=1S/C12H18N2O2/c1-14(8-4-10-3-2-7-13-10)9-12(5-6-12)11(15)16/h2-3,7,13H,4-6,8-9H2,1H3,(H,15,16). The molecule has 0 unspecified atom stereocenters. The third kappa shape index (κ3) is 2.44. The summed E-state index contributed by atoms with van der Waals surface area (Å²) < 4.78 is 0. The first kappa shape index (κ1) is 11.2. The smallest absolute Gasteiger partial charge is 0.310 e. The number of hydrogen-bond acceptors (Lipinski definition) is 2. The first-order chi connectivity index (χ1) is 7.62. The zero-order valence-corrected chi connectivity index (χ0v) is 9.57. The summed E-state index contributed by atoms with van der Waals surface area (Å²) in [4.78, 5) is 16.3. The van der Waals surface area contributed by atoms with Crippen molar-refractivity contribution in [2.45, 2.75) is 19.3 Å². The van der Waals surface area contributed by atoms with Crippen LogP contribution in [-0.2, 0) is 11.2 Å². The maximum atomic E-state index is 11.0. The number of nitrogens with one attached hydrogen (secondary N) is 1. The van der Waals surface area contributed by atoms with Gasteiger partial charge in [0.2, 0.25) is 0 Å². The fourth-order valence-electron chi connectivity index (χ4n) is 2.02. The minimum absolute atomic E-state index is 0.440. The van der Waals surface area contributed by atoms with Gasteiger partial charge in [-0.2, -0.15) is 0 Å². The first-order valence-corrected chi connectivity index (χ1v) is 5.67. The largest absolute Gasteiger partial charge is 0.481 e. The lowest BCUT2D eigenvalue weighted by atomic mass is 10.1. The van der Waals surface area contributed by atoms with Crippen LogP contribution in [0.15, 0.2) is 18.3 Å². The van der Waals surface area contributed by atoms with E-state index >= 15 is 0 Å². The second kappa shape index (κ2) is 4.29. The van der Waals surface area contributed by atoms with E-state index < -0.39 is 11.4 Å². The molecule has 0 atom stereocenters.